The van der Waals surface area contributed by atoms with Crippen LogP contribution >= 0.6 is 0 Å². The summed E-state index contributed by atoms with van der Waals surface area (Å²) in [6.07, 6.45) is 1.77. The second kappa shape index (κ2) is 8.76. The van der Waals surface area contributed by atoms with Crippen LogP contribution in [-0.4, -0.2) is 47.3 Å². The van der Waals surface area contributed by atoms with Crippen LogP contribution in [0.25, 0.3) is 0 Å². The number of hydrogen-bond acceptors (Lipinski definition) is 3. The van der Waals surface area contributed by atoms with Gasteiger partial charge in [0.15, 0.2) is 0 Å². The number of anilines is 1. The van der Waals surface area contributed by atoms with Gasteiger partial charge in [0.25, 0.3) is 11.7 Å². The lowest BCUT2D eigenvalue weighted by molar-refractivity contribution is -0.126. The number of benzene rings is 2. The van der Waals surface area contributed by atoms with Crippen LogP contribution in [0.2, 0.25) is 0 Å². The van der Waals surface area contributed by atoms with Crippen LogP contribution < -0.4 is 4.90 Å². The third-order valence-corrected chi connectivity index (χ3v) is 5.79. The van der Waals surface area contributed by atoms with Crippen LogP contribution in [0.3, 0.4) is 0 Å². The summed E-state index contributed by atoms with van der Waals surface area (Å²) in [5, 5.41) is 0. The number of aromatic nitrogens is 1. The van der Waals surface area contributed by atoms with Crippen molar-refractivity contribution >= 4 is 17.4 Å². The smallest absolute Gasteiger partial charge is 0.296 e. The Bertz CT molecular complexity index is 1100. The van der Waals surface area contributed by atoms with Crippen LogP contribution in [0.1, 0.15) is 27.2 Å². The molecule has 1 fully saturated rings. The zero-order valence-corrected chi connectivity index (χ0v) is 17.8. The summed E-state index contributed by atoms with van der Waals surface area (Å²) >= 11 is 0. The molecule has 160 valence electrons. The van der Waals surface area contributed by atoms with Crippen LogP contribution in [0.5, 0.6) is 0 Å². The molecule has 0 atom stereocenters. The first kappa shape index (κ1) is 20.8. The molecule has 2 aromatic carbocycles. The summed E-state index contributed by atoms with van der Waals surface area (Å²) in [4.78, 5) is 29.7. The molecule has 2 heterocycles. The lowest BCUT2D eigenvalue weighted by Crippen LogP contribution is -2.51. The zero-order valence-electron chi connectivity index (χ0n) is 17.8. The standard InChI is InChI=1S/C25H26FN3O2/c1-18-5-6-19(2)23(16-18)27-12-14-28(15-13-27)25(31)24(30)22-4-3-11-29(22)17-20-7-9-21(26)10-8-20/h3-11,16H,12-15,17H2,1-2H3. The number of piperazine rings is 1. The maximum atomic E-state index is 13.1. The molecule has 0 N–H and O–H groups in total. The minimum absolute atomic E-state index is 0.303. The summed E-state index contributed by atoms with van der Waals surface area (Å²) in [6.45, 7) is 6.97. The van der Waals surface area contributed by atoms with Gasteiger partial charge >= 0.3 is 0 Å². The summed E-state index contributed by atoms with van der Waals surface area (Å²) in [7, 11) is 0. The molecule has 0 spiro atoms. The summed E-state index contributed by atoms with van der Waals surface area (Å²) in [6, 6.07) is 15.9. The highest BCUT2D eigenvalue weighted by Crippen LogP contribution is 2.23. The number of halogens is 1. The van der Waals surface area contributed by atoms with Gasteiger partial charge in [-0.25, -0.2) is 4.39 Å². The number of aryl methyl sites for hydroxylation is 2. The first-order chi connectivity index (χ1) is 14.9. The number of nitrogens with zero attached hydrogens (tertiary/aromatic N) is 3. The van der Waals surface area contributed by atoms with Crippen LogP contribution in [0.15, 0.2) is 60.8 Å². The Morgan fingerprint density at radius 3 is 2.35 bits per heavy atom. The van der Waals surface area contributed by atoms with E-state index in [-0.39, 0.29) is 5.82 Å². The third kappa shape index (κ3) is 4.53. The molecule has 31 heavy (non-hydrogen) atoms. The van der Waals surface area contributed by atoms with E-state index in [2.05, 4.69) is 36.9 Å². The van der Waals surface area contributed by atoms with Crippen molar-refractivity contribution in [2.24, 2.45) is 0 Å². The van der Waals surface area contributed by atoms with Crippen LogP contribution in [0.4, 0.5) is 10.1 Å². The Morgan fingerprint density at radius 1 is 0.935 bits per heavy atom. The maximum Gasteiger partial charge on any atom is 0.296 e. The molecule has 0 aliphatic carbocycles. The van der Waals surface area contributed by atoms with Gasteiger partial charge in [0, 0.05) is 44.6 Å². The van der Waals surface area contributed by atoms with E-state index in [1.54, 1.807) is 39.9 Å². The number of hydrogen-bond donors (Lipinski definition) is 0. The average molecular weight is 420 g/mol. The van der Waals surface area contributed by atoms with Gasteiger partial charge in [-0.15, -0.1) is 0 Å². The van der Waals surface area contributed by atoms with Gasteiger partial charge in [-0.1, -0.05) is 24.3 Å². The largest absolute Gasteiger partial charge is 0.368 e. The second-order valence-electron chi connectivity index (χ2n) is 8.05. The first-order valence-electron chi connectivity index (χ1n) is 10.5. The molecule has 0 radical (unpaired) electrons. The van der Waals surface area contributed by atoms with Gasteiger partial charge in [0.05, 0.1) is 5.69 Å². The molecule has 5 nitrogen and oxygen atoms in total. The van der Waals surface area contributed by atoms with Crippen molar-refractivity contribution in [3.63, 3.8) is 0 Å². The highest BCUT2D eigenvalue weighted by atomic mass is 19.1. The molecular formula is C25H26FN3O2. The number of carbonyl (C=O) groups is 2. The Balaban J connectivity index is 1.42. The molecule has 1 amide bonds. The van der Waals surface area contributed by atoms with E-state index in [1.165, 1.54) is 28.9 Å². The molecule has 1 aromatic heterocycles. The minimum Gasteiger partial charge on any atom is -0.368 e. The molecule has 0 bridgehead atoms. The van der Waals surface area contributed by atoms with Gasteiger partial charge in [0.1, 0.15) is 5.82 Å². The van der Waals surface area contributed by atoms with Crippen molar-refractivity contribution in [1.82, 2.24) is 9.47 Å². The van der Waals surface area contributed by atoms with Crippen molar-refractivity contribution in [2.75, 3.05) is 31.1 Å². The first-order valence-corrected chi connectivity index (χ1v) is 10.5. The van der Waals surface area contributed by atoms with Crippen molar-refractivity contribution < 1.29 is 14.0 Å². The highest BCUT2D eigenvalue weighted by molar-refractivity contribution is 6.42. The Kier molecular flexibility index (Phi) is 5.89. The van der Waals surface area contributed by atoms with E-state index in [1.807, 2.05) is 0 Å². The second-order valence-corrected chi connectivity index (χ2v) is 8.05. The van der Waals surface area contributed by atoms with Crippen molar-refractivity contribution in [1.29, 1.82) is 0 Å². The van der Waals surface area contributed by atoms with Crippen molar-refractivity contribution in [3.05, 3.63) is 89.0 Å². The molecule has 1 aliphatic rings. The van der Waals surface area contributed by atoms with E-state index < -0.39 is 11.7 Å². The molecule has 1 saturated heterocycles. The molecule has 6 heteroatoms. The fourth-order valence-electron chi connectivity index (χ4n) is 4.01. The lowest BCUT2D eigenvalue weighted by Gasteiger charge is -2.36. The van der Waals surface area contributed by atoms with Crippen molar-refractivity contribution in [2.45, 2.75) is 20.4 Å². The van der Waals surface area contributed by atoms with E-state index >= 15 is 0 Å². The predicted molar refractivity (Wildman–Crippen MR) is 119 cm³/mol. The average Bonchev–Trinajstić information content (AvgIpc) is 3.24. The lowest BCUT2D eigenvalue weighted by atomic mass is 10.1. The van der Waals surface area contributed by atoms with Crippen molar-refractivity contribution in [3.8, 4) is 0 Å². The van der Waals surface area contributed by atoms with E-state index in [9.17, 15) is 14.0 Å². The highest BCUT2D eigenvalue weighted by Gasteiger charge is 2.28. The van der Waals surface area contributed by atoms with Gasteiger partial charge in [0.2, 0.25) is 0 Å². The topological polar surface area (TPSA) is 45.6 Å². The Hall–Kier alpha value is -3.41. The minimum atomic E-state index is -0.507. The molecule has 1 aliphatic heterocycles. The monoisotopic (exact) mass is 419 g/mol. The summed E-state index contributed by atoms with van der Waals surface area (Å²) in [5.74, 6) is -1.28. The molecule has 0 unspecified atom stereocenters. The summed E-state index contributed by atoms with van der Waals surface area (Å²) in [5.41, 5.74) is 4.82. The number of rotatable bonds is 5. The molecule has 3 aromatic rings. The zero-order chi connectivity index (χ0) is 22.0. The normalized spacial score (nSPS) is 14.0. The quantitative estimate of drug-likeness (QED) is 0.467. The Labute approximate surface area is 181 Å². The van der Waals surface area contributed by atoms with Gasteiger partial charge in [-0.05, 0) is 60.9 Å². The Morgan fingerprint density at radius 2 is 1.65 bits per heavy atom. The van der Waals surface area contributed by atoms with E-state index in [0.29, 0.717) is 38.4 Å². The number of ketones is 1. The van der Waals surface area contributed by atoms with E-state index in [4.69, 9.17) is 0 Å². The number of carbonyl (C=O) groups excluding carboxylic acids is 2. The van der Waals surface area contributed by atoms with Gasteiger partial charge < -0.3 is 14.4 Å². The maximum absolute atomic E-state index is 13.1. The van der Waals surface area contributed by atoms with Gasteiger partial charge in [-0.2, -0.15) is 0 Å². The summed E-state index contributed by atoms with van der Waals surface area (Å²) < 4.78 is 14.9. The van der Waals surface area contributed by atoms with Crippen LogP contribution in [0, 0.1) is 19.7 Å². The molecule has 0 saturated carbocycles. The number of amides is 1. The van der Waals surface area contributed by atoms with E-state index in [0.717, 1.165) is 5.56 Å². The fraction of sp³-hybridized carbons (Fsp3) is 0.280. The molecular weight excluding hydrogens is 393 g/mol. The third-order valence-electron chi connectivity index (χ3n) is 5.79. The fourth-order valence-corrected chi connectivity index (χ4v) is 4.01. The number of Topliss-reactive ketones (excluding diaryl/α,β-unsaturated/α-hetero) is 1. The predicted octanol–water partition coefficient (Wildman–Crippen LogP) is 3.82. The van der Waals surface area contributed by atoms with Crippen LogP contribution in [-0.2, 0) is 11.3 Å². The van der Waals surface area contributed by atoms with Gasteiger partial charge in [-0.3, -0.25) is 9.59 Å². The molecule has 4 rings (SSSR count). The SMILES string of the molecule is Cc1ccc(C)c(N2CCN(C(=O)C(=O)c3cccn3Cc3ccc(F)cc3)CC2)c1.